The molecule has 0 aliphatic rings. The molecule has 1 aromatic carbocycles. The predicted molar refractivity (Wildman–Crippen MR) is 95.3 cm³/mol. The molecular formula is C18H22N4O4. The first kappa shape index (κ1) is 19.3. The van der Waals surface area contributed by atoms with Gasteiger partial charge in [0.05, 0.1) is 24.3 Å². The quantitative estimate of drug-likeness (QED) is 0.747. The molecule has 2 amide bonds. The summed E-state index contributed by atoms with van der Waals surface area (Å²) in [6.07, 6.45) is 1.35. The number of hydrogen-bond donors (Lipinski definition) is 2. The molecule has 2 atom stereocenters. The number of nitrogens with one attached hydrogen (secondary N) is 2. The maximum absolute atomic E-state index is 12.3. The molecule has 2 N–H and O–H groups in total. The summed E-state index contributed by atoms with van der Waals surface area (Å²) < 4.78 is 4.69. The van der Waals surface area contributed by atoms with Gasteiger partial charge in [-0.2, -0.15) is 0 Å². The molecule has 2 aromatic rings. The van der Waals surface area contributed by atoms with E-state index in [9.17, 15) is 14.4 Å². The third-order valence-corrected chi connectivity index (χ3v) is 3.84. The monoisotopic (exact) mass is 358 g/mol. The Bertz CT molecular complexity index is 822. The highest BCUT2D eigenvalue weighted by molar-refractivity contribution is 5.97. The number of para-hydroxylation sites is 2. The fraction of sp³-hybridized carbons (Fsp3) is 0.389. The molecule has 2 rings (SSSR count). The van der Waals surface area contributed by atoms with Crippen molar-refractivity contribution in [2.45, 2.75) is 32.9 Å². The third kappa shape index (κ3) is 4.53. The Morgan fingerprint density at radius 1 is 1.04 bits per heavy atom. The highest BCUT2D eigenvalue weighted by Crippen LogP contribution is 2.09. The minimum absolute atomic E-state index is 0.108. The van der Waals surface area contributed by atoms with Crippen molar-refractivity contribution in [1.82, 2.24) is 20.6 Å². The topological polar surface area (TPSA) is 110 Å². The largest absolute Gasteiger partial charge is 0.467 e. The molecular weight excluding hydrogens is 336 g/mol. The van der Waals surface area contributed by atoms with Crippen LogP contribution in [0.15, 0.2) is 30.5 Å². The van der Waals surface area contributed by atoms with Gasteiger partial charge in [-0.1, -0.05) is 26.0 Å². The van der Waals surface area contributed by atoms with Crippen LogP contribution in [0.5, 0.6) is 0 Å². The predicted octanol–water partition coefficient (Wildman–Crippen LogP) is 1.06. The summed E-state index contributed by atoms with van der Waals surface area (Å²) >= 11 is 0. The van der Waals surface area contributed by atoms with E-state index in [1.807, 2.05) is 6.07 Å². The average molecular weight is 358 g/mol. The van der Waals surface area contributed by atoms with E-state index in [0.717, 1.165) is 0 Å². The van der Waals surface area contributed by atoms with Crippen LogP contribution in [0, 0.1) is 5.92 Å². The number of amides is 2. The number of carbonyl (C=O) groups excluding carboxylic acids is 3. The van der Waals surface area contributed by atoms with E-state index < -0.39 is 29.9 Å². The zero-order valence-corrected chi connectivity index (χ0v) is 15.1. The average Bonchev–Trinajstić information content (AvgIpc) is 2.64. The summed E-state index contributed by atoms with van der Waals surface area (Å²) in [5.74, 6) is -1.70. The normalized spacial score (nSPS) is 13.1. The van der Waals surface area contributed by atoms with E-state index in [4.69, 9.17) is 0 Å². The minimum atomic E-state index is -0.860. The van der Waals surface area contributed by atoms with Crippen molar-refractivity contribution in [2.24, 2.45) is 5.92 Å². The van der Waals surface area contributed by atoms with E-state index in [1.165, 1.54) is 20.2 Å². The van der Waals surface area contributed by atoms with Crippen LogP contribution in [-0.4, -0.2) is 46.9 Å². The van der Waals surface area contributed by atoms with Gasteiger partial charge in [0.1, 0.15) is 17.8 Å². The molecule has 8 nitrogen and oxygen atoms in total. The smallest absolute Gasteiger partial charge is 0.328 e. The first-order chi connectivity index (χ1) is 12.3. The van der Waals surface area contributed by atoms with Gasteiger partial charge in [-0.05, 0) is 25.0 Å². The molecule has 8 heteroatoms. The number of aromatic nitrogens is 2. The Morgan fingerprint density at radius 3 is 2.31 bits per heavy atom. The van der Waals surface area contributed by atoms with Crippen molar-refractivity contribution < 1.29 is 19.1 Å². The zero-order valence-electron chi connectivity index (χ0n) is 15.1. The molecule has 0 aliphatic heterocycles. The number of nitrogens with zero attached hydrogens (tertiary/aromatic N) is 2. The van der Waals surface area contributed by atoms with Gasteiger partial charge in [0.15, 0.2) is 0 Å². The van der Waals surface area contributed by atoms with Gasteiger partial charge in [0.2, 0.25) is 5.91 Å². The molecule has 0 fully saturated rings. The number of ether oxygens (including phenoxy) is 1. The van der Waals surface area contributed by atoms with Gasteiger partial charge in [-0.25, -0.2) is 9.78 Å². The molecule has 0 aliphatic carbocycles. The van der Waals surface area contributed by atoms with Crippen molar-refractivity contribution in [1.29, 1.82) is 0 Å². The first-order valence-corrected chi connectivity index (χ1v) is 8.24. The van der Waals surface area contributed by atoms with Crippen LogP contribution in [0.2, 0.25) is 0 Å². The lowest BCUT2D eigenvalue weighted by Crippen LogP contribution is -2.52. The Labute approximate surface area is 151 Å². The standard InChI is InChI=1S/C18H22N4O4/c1-10(2)15(18(25)26-4)22-16(23)11(3)20-17(24)14-9-19-12-7-5-6-8-13(12)21-14/h5-11,15H,1-4H3,(H,20,24)(H,22,23)/t11-,15-/m0/s1. The third-order valence-electron chi connectivity index (χ3n) is 3.84. The van der Waals surface area contributed by atoms with E-state index in [0.29, 0.717) is 11.0 Å². The van der Waals surface area contributed by atoms with Crippen molar-refractivity contribution >= 4 is 28.8 Å². The van der Waals surface area contributed by atoms with Crippen LogP contribution in [-0.2, 0) is 14.3 Å². The fourth-order valence-electron chi connectivity index (χ4n) is 2.31. The van der Waals surface area contributed by atoms with Crippen LogP contribution in [0.3, 0.4) is 0 Å². The molecule has 26 heavy (non-hydrogen) atoms. The van der Waals surface area contributed by atoms with Crippen molar-refractivity contribution in [3.05, 3.63) is 36.2 Å². The molecule has 0 spiro atoms. The maximum Gasteiger partial charge on any atom is 0.328 e. The molecule has 0 radical (unpaired) electrons. The minimum Gasteiger partial charge on any atom is -0.467 e. The summed E-state index contributed by atoms with van der Waals surface area (Å²) in [5, 5.41) is 5.15. The number of benzene rings is 1. The van der Waals surface area contributed by atoms with Crippen LogP contribution < -0.4 is 10.6 Å². The number of hydrogen-bond acceptors (Lipinski definition) is 6. The summed E-state index contributed by atoms with van der Waals surface area (Å²) in [6.45, 7) is 5.10. The van der Waals surface area contributed by atoms with E-state index >= 15 is 0 Å². The Balaban J connectivity index is 2.04. The SMILES string of the molecule is COC(=O)[C@@H](NC(=O)[C@H](C)NC(=O)c1cnc2ccccc2n1)C(C)C. The Morgan fingerprint density at radius 2 is 1.69 bits per heavy atom. The second kappa shape index (κ2) is 8.37. The summed E-state index contributed by atoms with van der Waals surface area (Å²) in [4.78, 5) is 44.8. The zero-order chi connectivity index (χ0) is 19.3. The Hall–Kier alpha value is -3.03. The van der Waals surface area contributed by atoms with Crippen LogP contribution in [0.25, 0.3) is 11.0 Å². The molecule has 0 bridgehead atoms. The molecule has 1 heterocycles. The highest BCUT2D eigenvalue weighted by Gasteiger charge is 2.27. The van der Waals surface area contributed by atoms with Crippen LogP contribution in [0.4, 0.5) is 0 Å². The summed E-state index contributed by atoms with van der Waals surface area (Å²) in [5.41, 5.74) is 1.37. The van der Waals surface area contributed by atoms with E-state index in [2.05, 4.69) is 25.3 Å². The van der Waals surface area contributed by atoms with Crippen molar-refractivity contribution in [3.63, 3.8) is 0 Å². The van der Waals surface area contributed by atoms with Gasteiger partial charge < -0.3 is 15.4 Å². The summed E-state index contributed by atoms with van der Waals surface area (Å²) in [7, 11) is 1.26. The Kier molecular flexibility index (Phi) is 6.21. The van der Waals surface area contributed by atoms with Crippen LogP contribution in [0.1, 0.15) is 31.3 Å². The molecule has 138 valence electrons. The van der Waals surface area contributed by atoms with Crippen molar-refractivity contribution in [3.8, 4) is 0 Å². The molecule has 0 saturated carbocycles. The van der Waals surface area contributed by atoms with E-state index in [-0.39, 0.29) is 11.6 Å². The number of carbonyl (C=O) groups is 3. The molecule has 0 saturated heterocycles. The first-order valence-electron chi connectivity index (χ1n) is 8.24. The second-order valence-electron chi connectivity index (χ2n) is 6.19. The number of rotatable bonds is 6. The van der Waals surface area contributed by atoms with Gasteiger partial charge >= 0.3 is 5.97 Å². The van der Waals surface area contributed by atoms with Crippen molar-refractivity contribution in [2.75, 3.05) is 7.11 Å². The number of esters is 1. The molecule has 0 unspecified atom stereocenters. The van der Waals surface area contributed by atoms with Gasteiger partial charge in [0, 0.05) is 0 Å². The lowest BCUT2D eigenvalue weighted by molar-refractivity contribution is -0.146. The van der Waals surface area contributed by atoms with Gasteiger partial charge in [0.25, 0.3) is 5.91 Å². The lowest BCUT2D eigenvalue weighted by Gasteiger charge is -2.22. The van der Waals surface area contributed by atoms with Crippen LogP contribution >= 0.6 is 0 Å². The number of methoxy groups -OCH3 is 1. The second-order valence-corrected chi connectivity index (χ2v) is 6.19. The lowest BCUT2D eigenvalue weighted by atomic mass is 10.0. The fourth-order valence-corrected chi connectivity index (χ4v) is 2.31. The van der Waals surface area contributed by atoms with Gasteiger partial charge in [-0.3, -0.25) is 14.6 Å². The number of fused-ring (bicyclic) bond motifs is 1. The summed E-state index contributed by atoms with van der Waals surface area (Å²) in [6, 6.07) is 5.52. The highest BCUT2D eigenvalue weighted by atomic mass is 16.5. The maximum atomic E-state index is 12.3. The van der Waals surface area contributed by atoms with Gasteiger partial charge in [-0.15, -0.1) is 0 Å². The van der Waals surface area contributed by atoms with E-state index in [1.54, 1.807) is 32.0 Å². The molecule has 1 aromatic heterocycles.